The molecule has 0 amide bonds. The third-order valence-corrected chi connectivity index (χ3v) is 4.28. The number of methoxy groups -OCH3 is 1. The SMILES string of the molecule is COc1cc(Cl)cc(CN(CC2CCCN2)C(C)C)c1O. The van der Waals surface area contributed by atoms with Gasteiger partial charge in [-0.25, -0.2) is 0 Å². The van der Waals surface area contributed by atoms with E-state index in [0.717, 1.165) is 18.7 Å². The number of rotatable bonds is 6. The molecule has 21 heavy (non-hydrogen) atoms. The van der Waals surface area contributed by atoms with Crippen molar-refractivity contribution in [3.05, 3.63) is 22.7 Å². The Kier molecular flexibility index (Phi) is 5.73. The molecule has 1 aromatic rings. The van der Waals surface area contributed by atoms with E-state index in [1.54, 1.807) is 6.07 Å². The van der Waals surface area contributed by atoms with Crippen LogP contribution in [0.2, 0.25) is 5.02 Å². The summed E-state index contributed by atoms with van der Waals surface area (Å²) >= 11 is 6.11. The molecule has 2 rings (SSSR count). The Morgan fingerprint density at radius 1 is 1.48 bits per heavy atom. The first-order chi connectivity index (χ1) is 10.0. The van der Waals surface area contributed by atoms with Crippen LogP contribution in [0.1, 0.15) is 32.3 Å². The second-order valence-corrected chi connectivity index (χ2v) is 6.37. The van der Waals surface area contributed by atoms with Crippen molar-refractivity contribution in [2.75, 3.05) is 20.2 Å². The maximum atomic E-state index is 10.3. The summed E-state index contributed by atoms with van der Waals surface area (Å²) in [5.41, 5.74) is 0.811. The van der Waals surface area contributed by atoms with E-state index < -0.39 is 0 Å². The second-order valence-electron chi connectivity index (χ2n) is 5.93. The molecule has 0 bridgehead atoms. The molecule has 0 radical (unpaired) electrons. The molecular weight excluding hydrogens is 288 g/mol. The summed E-state index contributed by atoms with van der Waals surface area (Å²) in [5.74, 6) is 0.618. The average Bonchev–Trinajstić information content (AvgIpc) is 2.94. The summed E-state index contributed by atoms with van der Waals surface area (Å²) in [6, 6.07) is 4.39. The second kappa shape index (κ2) is 7.34. The normalized spacial score (nSPS) is 18.7. The lowest BCUT2D eigenvalue weighted by molar-refractivity contribution is 0.191. The maximum absolute atomic E-state index is 10.3. The number of nitrogens with one attached hydrogen (secondary N) is 1. The predicted molar refractivity (Wildman–Crippen MR) is 86.2 cm³/mol. The van der Waals surface area contributed by atoms with E-state index in [1.807, 2.05) is 6.07 Å². The molecule has 0 aromatic heterocycles. The van der Waals surface area contributed by atoms with Crippen molar-refractivity contribution < 1.29 is 9.84 Å². The van der Waals surface area contributed by atoms with Gasteiger partial charge in [0.1, 0.15) is 0 Å². The Morgan fingerprint density at radius 2 is 2.24 bits per heavy atom. The molecule has 118 valence electrons. The number of phenols is 1. The van der Waals surface area contributed by atoms with Crippen LogP contribution >= 0.6 is 11.6 Å². The van der Waals surface area contributed by atoms with Crippen LogP contribution in [0.4, 0.5) is 0 Å². The van der Waals surface area contributed by atoms with Crippen LogP contribution in [0, 0.1) is 0 Å². The van der Waals surface area contributed by atoms with E-state index in [0.29, 0.717) is 29.4 Å². The number of phenolic OH excluding ortho intramolecular Hbond substituents is 1. The molecule has 1 unspecified atom stereocenters. The Labute approximate surface area is 132 Å². The van der Waals surface area contributed by atoms with Crippen LogP contribution in [0.25, 0.3) is 0 Å². The van der Waals surface area contributed by atoms with Gasteiger partial charge in [-0.15, -0.1) is 0 Å². The molecule has 1 saturated heterocycles. The molecule has 5 heteroatoms. The number of benzene rings is 1. The lowest BCUT2D eigenvalue weighted by Gasteiger charge is -2.29. The zero-order valence-electron chi connectivity index (χ0n) is 13.0. The quantitative estimate of drug-likeness (QED) is 0.847. The summed E-state index contributed by atoms with van der Waals surface area (Å²) in [7, 11) is 1.54. The Bertz CT molecular complexity index is 474. The van der Waals surface area contributed by atoms with Crippen LogP contribution in [-0.2, 0) is 6.54 Å². The summed E-state index contributed by atoms with van der Waals surface area (Å²) in [4.78, 5) is 2.35. The first-order valence-electron chi connectivity index (χ1n) is 7.54. The fraction of sp³-hybridized carbons (Fsp3) is 0.625. The average molecular weight is 313 g/mol. The van der Waals surface area contributed by atoms with Gasteiger partial charge < -0.3 is 15.2 Å². The van der Waals surface area contributed by atoms with Crippen LogP contribution < -0.4 is 10.1 Å². The molecule has 1 aliphatic rings. The molecule has 0 aliphatic carbocycles. The van der Waals surface area contributed by atoms with Crippen LogP contribution in [0.15, 0.2) is 12.1 Å². The standard InChI is InChI=1S/C16H25ClN2O2/c1-11(2)19(10-14-5-4-6-18-14)9-12-7-13(17)8-15(21-3)16(12)20/h7-8,11,14,18,20H,4-6,9-10H2,1-3H3. The van der Waals surface area contributed by atoms with E-state index >= 15 is 0 Å². The van der Waals surface area contributed by atoms with E-state index in [-0.39, 0.29) is 5.75 Å². The van der Waals surface area contributed by atoms with Gasteiger partial charge in [0.2, 0.25) is 0 Å². The Morgan fingerprint density at radius 3 is 2.81 bits per heavy atom. The number of aromatic hydroxyl groups is 1. The van der Waals surface area contributed by atoms with E-state index in [4.69, 9.17) is 16.3 Å². The lowest BCUT2D eigenvalue weighted by atomic mass is 10.1. The Balaban J connectivity index is 2.14. The topological polar surface area (TPSA) is 44.7 Å². The van der Waals surface area contributed by atoms with Crippen molar-refractivity contribution in [1.82, 2.24) is 10.2 Å². The smallest absolute Gasteiger partial charge is 0.162 e. The molecule has 1 atom stereocenters. The molecule has 0 saturated carbocycles. The summed E-state index contributed by atoms with van der Waals surface area (Å²) in [6.45, 7) is 7.10. The Hall–Kier alpha value is -0.970. The zero-order valence-corrected chi connectivity index (χ0v) is 13.8. The first kappa shape index (κ1) is 16.4. The highest BCUT2D eigenvalue weighted by Crippen LogP contribution is 2.34. The van der Waals surface area contributed by atoms with Gasteiger partial charge in [0, 0.05) is 41.8 Å². The molecule has 0 spiro atoms. The highest BCUT2D eigenvalue weighted by atomic mass is 35.5. The number of halogens is 1. The number of nitrogens with zero attached hydrogens (tertiary/aromatic N) is 1. The van der Waals surface area contributed by atoms with Crippen molar-refractivity contribution in [3.63, 3.8) is 0 Å². The lowest BCUT2D eigenvalue weighted by Crippen LogP contribution is -2.40. The van der Waals surface area contributed by atoms with Crippen molar-refractivity contribution in [1.29, 1.82) is 0 Å². The minimum absolute atomic E-state index is 0.187. The third-order valence-electron chi connectivity index (χ3n) is 4.06. The van der Waals surface area contributed by atoms with Crippen LogP contribution in [0.3, 0.4) is 0 Å². The van der Waals surface area contributed by atoms with Crippen molar-refractivity contribution in [2.24, 2.45) is 0 Å². The van der Waals surface area contributed by atoms with Crippen LogP contribution in [0.5, 0.6) is 11.5 Å². The summed E-state index contributed by atoms with van der Waals surface area (Å²) in [6.07, 6.45) is 2.46. The molecular formula is C16H25ClN2O2. The minimum Gasteiger partial charge on any atom is -0.504 e. The van der Waals surface area contributed by atoms with Crippen molar-refractivity contribution in [3.8, 4) is 11.5 Å². The van der Waals surface area contributed by atoms with Gasteiger partial charge in [-0.1, -0.05) is 11.6 Å². The highest BCUT2D eigenvalue weighted by Gasteiger charge is 2.21. The van der Waals surface area contributed by atoms with Crippen molar-refractivity contribution >= 4 is 11.6 Å². The van der Waals surface area contributed by atoms with Gasteiger partial charge in [-0.3, -0.25) is 4.90 Å². The van der Waals surface area contributed by atoms with E-state index in [2.05, 4.69) is 24.1 Å². The third kappa shape index (κ3) is 4.25. The molecule has 1 aromatic carbocycles. The summed E-state index contributed by atoms with van der Waals surface area (Å²) < 4.78 is 5.18. The largest absolute Gasteiger partial charge is 0.504 e. The minimum atomic E-state index is 0.187. The fourth-order valence-electron chi connectivity index (χ4n) is 2.78. The molecule has 2 N–H and O–H groups in total. The number of hydrogen-bond donors (Lipinski definition) is 2. The highest BCUT2D eigenvalue weighted by molar-refractivity contribution is 6.30. The zero-order chi connectivity index (χ0) is 15.4. The van der Waals surface area contributed by atoms with Crippen molar-refractivity contribution in [2.45, 2.75) is 45.3 Å². The van der Waals surface area contributed by atoms with Gasteiger partial charge in [-0.05, 0) is 39.3 Å². The number of ether oxygens (including phenoxy) is 1. The predicted octanol–water partition coefficient (Wildman–Crippen LogP) is 3.02. The van der Waals surface area contributed by atoms with Crippen LogP contribution in [-0.4, -0.2) is 42.3 Å². The number of hydrogen-bond acceptors (Lipinski definition) is 4. The summed E-state index contributed by atoms with van der Waals surface area (Å²) in [5, 5.41) is 14.4. The fourth-order valence-corrected chi connectivity index (χ4v) is 3.01. The first-order valence-corrected chi connectivity index (χ1v) is 7.92. The van der Waals surface area contributed by atoms with Gasteiger partial charge in [0.05, 0.1) is 7.11 Å². The molecule has 1 aliphatic heterocycles. The molecule has 1 fully saturated rings. The molecule has 4 nitrogen and oxygen atoms in total. The molecule has 1 heterocycles. The van der Waals surface area contributed by atoms with Gasteiger partial charge in [0.15, 0.2) is 11.5 Å². The van der Waals surface area contributed by atoms with Gasteiger partial charge in [0.25, 0.3) is 0 Å². The van der Waals surface area contributed by atoms with E-state index in [1.165, 1.54) is 20.0 Å². The maximum Gasteiger partial charge on any atom is 0.162 e. The van der Waals surface area contributed by atoms with E-state index in [9.17, 15) is 5.11 Å². The van der Waals surface area contributed by atoms with Gasteiger partial charge in [-0.2, -0.15) is 0 Å². The monoisotopic (exact) mass is 312 g/mol. The van der Waals surface area contributed by atoms with Gasteiger partial charge >= 0.3 is 0 Å².